The van der Waals surface area contributed by atoms with Crippen molar-refractivity contribution in [3.05, 3.63) is 42.0 Å². The Morgan fingerprint density at radius 3 is 2.33 bits per heavy atom. The van der Waals surface area contributed by atoms with Gasteiger partial charge in [0.05, 0.1) is 0 Å². The number of aliphatic hydroxyl groups is 1. The fraction of sp³-hybridized carbons (Fsp3) is 0.250. The lowest BCUT2D eigenvalue weighted by molar-refractivity contribution is 0.149. The molecule has 3 nitrogen and oxygen atoms in total. The molecule has 2 N–H and O–H groups in total. The third kappa shape index (κ3) is 3.56. The van der Waals surface area contributed by atoms with E-state index in [2.05, 4.69) is 5.16 Å². The van der Waals surface area contributed by atoms with Gasteiger partial charge in [-0.05, 0) is 25.5 Å². The van der Waals surface area contributed by atoms with Crippen LogP contribution in [0.1, 0.15) is 19.4 Å². The average molecular weight is 205 g/mol. The Kier molecular flexibility index (Phi) is 3.63. The molecule has 0 heterocycles. The second-order valence-electron chi connectivity index (χ2n) is 3.79. The first-order valence-electron chi connectivity index (χ1n) is 4.72. The van der Waals surface area contributed by atoms with Crippen molar-refractivity contribution in [2.24, 2.45) is 5.16 Å². The van der Waals surface area contributed by atoms with Crippen LogP contribution in [0.4, 0.5) is 0 Å². The van der Waals surface area contributed by atoms with Crippen molar-refractivity contribution in [1.29, 1.82) is 0 Å². The van der Waals surface area contributed by atoms with Gasteiger partial charge >= 0.3 is 0 Å². The Hall–Kier alpha value is -1.61. The van der Waals surface area contributed by atoms with E-state index in [4.69, 9.17) is 5.21 Å². The van der Waals surface area contributed by atoms with Gasteiger partial charge in [0.25, 0.3) is 0 Å². The molecule has 1 aromatic rings. The Balaban J connectivity index is 2.82. The normalized spacial score (nSPS) is 13.4. The van der Waals surface area contributed by atoms with E-state index in [0.29, 0.717) is 0 Å². The minimum Gasteiger partial charge on any atom is -0.411 e. The maximum atomic E-state index is 9.61. The predicted octanol–water partition coefficient (Wildman–Crippen LogP) is 2.30. The Morgan fingerprint density at radius 2 is 1.87 bits per heavy atom. The molecule has 3 heteroatoms. The van der Waals surface area contributed by atoms with Crippen molar-refractivity contribution in [1.82, 2.24) is 0 Å². The maximum absolute atomic E-state index is 9.61. The van der Waals surface area contributed by atoms with Crippen LogP contribution in [0, 0.1) is 0 Å². The Labute approximate surface area is 89.4 Å². The van der Waals surface area contributed by atoms with Crippen molar-refractivity contribution in [3.63, 3.8) is 0 Å². The summed E-state index contributed by atoms with van der Waals surface area (Å²) in [7, 11) is 0. The van der Waals surface area contributed by atoms with Crippen molar-refractivity contribution < 1.29 is 10.3 Å². The van der Waals surface area contributed by atoms with Crippen LogP contribution >= 0.6 is 0 Å². The maximum Gasteiger partial charge on any atom is 0.111 e. The highest BCUT2D eigenvalue weighted by Gasteiger charge is 2.19. The van der Waals surface area contributed by atoms with Gasteiger partial charge in [-0.25, -0.2) is 0 Å². The molecule has 0 bridgehead atoms. The first-order chi connectivity index (χ1) is 7.04. The largest absolute Gasteiger partial charge is 0.411 e. The van der Waals surface area contributed by atoms with Gasteiger partial charge in [0.1, 0.15) is 11.3 Å². The molecule has 0 atom stereocenters. The van der Waals surface area contributed by atoms with E-state index in [-0.39, 0.29) is 5.71 Å². The van der Waals surface area contributed by atoms with Crippen LogP contribution in [-0.2, 0) is 0 Å². The highest BCUT2D eigenvalue weighted by atomic mass is 16.4. The van der Waals surface area contributed by atoms with E-state index < -0.39 is 5.60 Å². The minimum atomic E-state index is -1.14. The molecule has 0 aromatic heterocycles. The minimum absolute atomic E-state index is 0.228. The topological polar surface area (TPSA) is 52.8 Å². The van der Waals surface area contributed by atoms with Gasteiger partial charge in [-0.15, -0.1) is 0 Å². The average Bonchev–Trinajstić information content (AvgIpc) is 2.18. The number of oxime groups is 1. The van der Waals surface area contributed by atoms with Gasteiger partial charge in [0.15, 0.2) is 0 Å². The van der Waals surface area contributed by atoms with Crippen LogP contribution < -0.4 is 0 Å². The first-order valence-corrected chi connectivity index (χ1v) is 4.72. The summed E-state index contributed by atoms with van der Waals surface area (Å²) >= 11 is 0. The first kappa shape index (κ1) is 11.5. The van der Waals surface area contributed by atoms with E-state index in [1.165, 1.54) is 0 Å². The highest BCUT2D eigenvalue weighted by Crippen LogP contribution is 2.08. The zero-order valence-corrected chi connectivity index (χ0v) is 8.88. The van der Waals surface area contributed by atoms with E-state index in [9.17, 15) is 5.11 Å². The van der Waals surface area contributed by atoms with Crippen molar-refractivity contribution >= 4 is 11.8 Å². The lowest BCUT2D eigenvalue weighted by Crippen LogP contribution is -2.29. The second kappa shape index (κ2) is 4.75. The molecule has 0 radical (unpaired) electrons. The number of nitrogens with zero attached hydrogens (tertiary/aromatic N) is 1. The molecular weight excluding hydrogens is 190 g/mol. The Morgan fingerprint density at radius 1 is 1.27 bits per heavy atom. The third-order valence-corrected chi connectivity index (χ3v) is 1.97. The molecule has 0 aliphatic rings. The molecule has 0 amide bonds. The number of benzene rings is 1. The molecule has 0 aliphatic carbocycles. The molecule has 15 heavy (non-hydrogen) atoms. The van der Waals surface area contributed by atoms with Crippen LogP contribution in [0.15, 0.2) is 41.6 Å². The summed E-state index contributed by atoms with van der Waals surface area (Å²) < 4.78 is 0. The molecule has 0 saturated heterocycles. The molecular formula is C12H15NO2. The second-order valence-corrected chi connectivity index (χ2v) is 3.79. The van der Waals surface area contributed by atoms with Gasteiger partial charge in [0, 0.05) is 0 Å². The van der Waals surface area contributed by atoms with Gasteiger partial charge < -0.3 is 10.3 Å². The predicted molar refractivity (Wildman–Crippen MR) is 61.0 cm³/mol. The van der Waals surface area contributed by atoms with Gasteiger partial charge in [-0.2, -0.15) is 0 Å². The van der Waals surface area contributed by atoms with E-state index in [0.717, 1.165) is 5.56 Å². The number of hydrogen-bond donors (Lipinski definition) is 2. The van der Waals surface area contributed by atoms with Crippen LogP contribution in [-0.4, -0.2) is 21.6 Å². The molecule has 0 unspecified atom stereocenters. The third-order valence-electron chi connectivity index (χ3n) is 1.97. The summed E-state index contributed by atoms with van der Waals surface area (Å²) in [4.78, 5) is 0. The molecule has 0 saturated carbocycles. The number of hydrogen-bond acceptors (Lipinski definition) is 3. The van der Waals surface area contributed by atoms with Gasteiger partial charge in [0.2, 0.25) is 0 Å². The fourth-order valence-corrected chi connectivity index (χ4v) is 1.10. The molecule has 0 spiro atoms. The Bertz CT molecular complexity index is 361. The lowest BCUT2D eigenvalue weighted by Gasteiger charge is -2.15. The van der Waals surface area contributed by atoms with Gasteiger partial charge in [-0.1, -0.05) is 41.6 Å². The van der Waals surface area contributed by atoms with E-state index in [1.54, 1.807) is 26.0 Å². The summed E-state index contributed by atoms with van der Waals surface area (Å²) in [5, 5.41) is 21.4. The molecule has 80 valence electrons. The number of rotatable bonds is 3. The van der Waals surface area contributed by atoms with Crippen LogP contribution in [0.25, 0.3) is 6.08 Å². The molecule has 1 aromatic carbocycles. The van der Waals surface area contributed by atoms with Crippen LogP contribution in [0.5, 0.6) is 0 Å². The van der Waals surface area contributed by atoms with Crippen LogP contribution in [0.2, 0.25) is 0 Å². The SMILES string of the molecule is CC(C)(O)C(/C=C/c1ccccc1)=N\O. The zero-order chi connectivity index (χ0) is 11.3. The zero-order valence-electron chi connectivity index (χ0n) is 8.88. The van der Waals surface area contributed by atoms with E-state index in [1.807, 2.05) is 30.3 Å². The van der Waals surface area contributed by atoms with Crippen molar-refractivity contribution in [2.75, 3.05) is 0 Å². The summed E-state index contributed by atoms with van der Waals surface area (Å²) in [5.41, 5.74) is 0.0780. The quantitative estimate of drug-likeness (QED) is 0.452. The van der Waals surface area contributed by atoms with Crippen LogP contribution in [0.3, 0.4) is 0 Å². The molecule has 1 rings (SSSR count). The van der Waals surface area contributed by atoms with E-state index >= 15 is 0 Å². The summed E-state index contributed by atoms with van der Waals surface area (Å²) in [6, 6.07) is 9.61. The standard InChI is InChI=1S/C12H15NO2/c1-12(2,14)11(13-15)9-8-10-6-4-3-5-7-10/h3-9,14-15H,1-2H3/b9-8+,13-11-. The smallest absolute Gasteiger partial charge is 0.111 e. The van der Waals surface area contributed by atoms with Crippen molar-refractivity contribution in [2.45, 2.75) is 19.4 Å². The molecule has 0 aliphatic heterocycles. The molecule has 0 fully saturated rings. The fourth-order valence-electron chi connectivity index (χ4n) is 1.10. The van der Waals surface area contributed by atoms with Gasteiger partial charge in [-0.3, -0.25) is 0 Å². The highest BCUT2D eigenvalue weighted by molar-refractivity contribution is 6.03. The summed E-state index contributed by atoms with van der Waals surface area (Å²) in [6.07, 6.45) is 3.38. The van der Waals surface area contributed by atoms with Crippen molar-refractivity contribution in [3.8, 4) is 0 Å². The monoisotopic (exact) mass is 205 g/mol. The lowest BCUT2D eigenvalue weighted by atomic mass is 10.0. The summed E-state index contributed by atoms with van der Waals surface area (Å²) in [5.74, 6) is 0. The summed E-state index contributed by atoms with van der Waals surface area (Å²) in [6.45, 7) is 3.13.